The summed E-state index contributed by atoms with van der Waals surface area (Å²) < 4.78 is 6.41. The van der Waals surface area contributed by atoms with Gasteiger partial charge in [0.25, 0.3) is 5.91 Å². The van der Waals surface area contributed by atoms with Gasteiger partial charge in [0.2, 0.25) is 0 Å². The molecule has 1 unspecified atom stereocenters. The molecule has 5 heteroatoms. The van der Waals surface area contributed by atoms with Gasteiger partial charge in [0.1, 0.15) is 11.4 Å². The number of carbonyl (C=O) groups is 1. The third-order valence-corrected chi connectivity index (χ3v) is 4.11. The van der Waals surface area contributed by atoms with Gasteiger partial charge in [0.05, 0.1) is 12.6 Å². The molecule has 1 atom stereocenters. The summed E-state index contributed by atoms with van der Waals surface area (Å²) in [5.74, 6) is 0.671. The SMILES string of the molecule is O=C(NC1CCCOc2ccccc21)c1ncccc1Br. The van der Waals surface area contributed by atoms with Crippen LogP contribution in [0.4, 0.5) is 0 Å². The highest BCUT2D eigenvalue weighted by Crippen LogP contribution is 2.31. The first-order valence-corrected chi connectivity index (χ1v) is 7.68. The molecule has 3 rings (SSSR count). The zero-order chi connectivity index (χ0) is 14.7. The topological polar surface area (TPSA) is 51.2 Å². The first-order chi connectivity index (χ1) is 10.3. The van der Waals surface area contributed by atoms with Crippen molar-refractivity contribution in [1.82, 2.24) is 10.3 Å². The summed E-state index contributed by atoms with van der Waals surface area (Å²) in [4.78, 5) is 16.5. The number of nitrogens with one attached hydrogen (secondary N) is 1. The Bertz CT molecular complexity index is 660. The number of aromatic nitrogens is 1. The van der Waals surface area contributed by atoms with E-state index in [4.69, 9.17) is 4.74 Å². The van der Waals surface area contributed by atoms with Gasteiger partial charge in [-0.2, -0.15) is 0 Å². The van der Waals surface area contributed by atoms with Crippen LogP contribution >= 0.6 is 15.9 Å². The lowest BCUT2D eigenvalue weighted by Gasteiger charge is -2.18. The Morgan fingerprint density at radius 1 is 1.29 bits per heavy atom. The van der Waals surface area contributed by atoms with Gasteiger partial charge in [-0.25, -0.2) is 4.98 Å². The van der Waals surface area contributed by atoms with Gasteiger partial charge < -0.3 is 10.1 Å². The predicted octanol–water partition coefficient (Wildman–Crippen LogP) is 3.49. The fraction of sp³-hybridized carbons (Fsp3) is 0.250. The molecular weight excluding hydrogens is 332 g/mol. The second-order valence-electron chi connectivity index (χ2n) is 4.89. The summed E-state index contributed by atoms with van der Waals surface area (Å²) in [6, 6.07) is 11.4. The van der Waals surface area contributed by atoms with E-state index in [1.54, 1.807) is 12.3 Å². The van der Waals surface area contributed by atoms with Crippen molar-refractivity contribution in [2.75, 3.05) is 6.61 Å². The van der Waals surface area contributed by atoms with Crippen LogP contribution < -0.4 is 10.1 Å². The summed E-state index contributed by atoms with van der Waals surface area (Å²) in [5.41, 5.74) is 1.43. The van der Waals surface area contributed by atoms with Crippen LogP contribution in [0.1, 0.15) is 34.9 Å². The fourth-order valence-electron chi connectivity index (χ4n) is 2.45. The smallest absolute Gasteiger partial charge is 0.271 e. The molecule has 108 valence electrons. The van der Waals surface area contributed by atoms with E-state index in [0.717, 1.165) is 24.2 Å². The van der Waals surface area contributed by atoms with E-state index in [9.17, 15) is 4.79 Å². The molecule has 1 aromatic heterocycles. The van der Waals surface area contributed by atoms with Crippen molar-refractivity contribution >= 4 is 21.8 Å². The molecule has 1 amide bonds. The van der Waals surface area contributed by atoms with Crippen molar-refractivity contribution in [3.63, 3.8) is 0 Å². The number of rotatable bonds is 2. The standard InChI is InChI=1S/C16H15BrN2O2/c17-12-6-3-9-18-15(12)16(20)19-13-7-4-10-21-14-8-2-1-5-11(13)14/h1-3,5-6,8-9,13H,4,7,10H2,(H,19,20). The van der Waals surface area contributed by atoms with Gasteiger partial charge in [-0.15, -0.1) is 0 Å². The number of carbonyl (C=O) groups excluding carboxylic acids is 1. The first-order valence-electron chi connectivity index (χ1n) is 6.89. The number of fused-ring (bicyclic) bond motifs is 1. The van der Waals surface area contributed by atoms with E-state index in [-0.39, 0.29) is 11.9 Å². The van der Waals surface area contributed by atoms with Crippen molar-refractivity contribution < 1.29 is 9.53 Å². The van der Waals surface area contributed by atoms with Crippen LogP contribution in [0.15, 0.2) is 47.1 Å². The predicted molar refractivity (Wildman–Crippen MR) is 83.3 cm³/mol. The van der Waals surface area contributed by atoms with Crippen molar-refractivity contribution in [2.45, 2.75) is 18.9 Å². The molecule has 0 aliphatic carbocycles. The van der Waals surface area contributed by atoms with E-state index in [1.807, 2.05) is 30.3 Å². The minimum absolute atomic E-state index is 0.0508. The Morgan fingerprint density at radius 2 is 2.14 bits per heavy atom. The molecule has 21 heavy (non-hydrogen) atoms. The maximum Gasteiger partial charge on any atom is 0.271 e. The van der Waals surface area contributed by atoms with Crippen LogP contribution in [0, 0.1) is 0 Å². The van der Waals surface area contributed by atoms with Crippen molar-refractivity contribution in [1.29, 1.82) is 0 Å². The Balaban J connectivity index is 1.85. The van der Waals surface area contributed by atoms with Crippen LogP contribution in [0.5, 0.6) is 5.75 Å². The van der Waals surface area contributed by atoms with Gasteiger partial charge in [-0.1, -0.05) is 18.2 Å². The molecule has 1 aliphatic rings. The lowest BCUT2D eigenvalue weighted by molar-refractivity contribution is 0.0929. The summed E-state index contributed by atoms with van der Waals surface area (Å²) in [6.45, 7) is 0.677. The highest BCUT2D eigenvalue weighted by atomic mass is 79.9. The van der Waals surface area contributed by atoms with Crippen LogP contribution in [0.2, 0.25) is 0 Å². The van der Waals surface area contributed by atoms with Gasteiger partial charge in [-0.05, 0) is 47.0 Å². The zero-order valence-electron chi connectivity index (χ0n) is 11.4. The molecule has 4 nitrogen and oxygen atoms in total. The summed E-state index contributed by atoms with van der Waals surface area (Å²) in [7, 11) is 0. The largest absolute Gasteiger partial charge is 0.493 e. The van der Waals surface area contributed by atoms with Crippen LogP contribution in [0.3, 0.4) is 0 Å². The van der Waals surface area contributed by atoms with Gasteiger partial charge in [-0.3, -0.25) is 4.79 Å². The maximum absolute atomic E-state index is 12.4. The molecule has 0 radical (unpaired) electrons. The maximum atomic E-state index is 12.4. The van der Waals surface area contributed by atoms with Crippen LogP contribution in [0.25, 0.3) is 0 Å². The quantitative estimate of drug-likeness (QED) is 0.905. The molecule has 0 fully saturated rings. The zero-order valence-corrected chi connectivity index (χ0v) is 13.0. The van der Waals surface area contributed by atoms with E-state index in [0.29, 0.717) is 16.8 Å². The Kier molecular flexibility index (Phi) is 4.20. The molecule has 2 aromatic rings. The number of nitrogens with zero attached hydrogens (tertiary/aromatic N) is 1. The molecule has 0 saturated carbocycles. The monoisotopic (exact) mass is 346 g/mol. The molecule has 1 N–H and O–H groups in total. The number of ether oxygens (including phenoxy) is 1. The lowest BCUT2D eigenvalue weighted by atomic mass is 10.0. The average Bonchev–Trinajstić information content (AvgIpc) is 2.70. The molecule has 1 aliphatic heterocycles. The number of halogens is 1. The molecular formula is C16H15BrN2O2. The Labute approximate surface area is 131 Å². The van der Waals surface area contributed by atoms with E-state index < -0.39 is 0 Å². The molecule has 0 bridgehead atoms. The number of hydrogen-bond donors (Lipinski definition) is 1. The third-order valence-electron chi connectivity index (χ3n) is 3.47. The third kappa shape index (κ3) is 3.08. The number of hydrogen-bond acceptors (Lipinski definition) is 3. The number of para-hydroxylation sites is 1. The fourth-order valence-corrected chi connectivity index (χ4v) is 2.89. The molecule has 0 spiro atoms. The minimum Gasteiger partial charge on any atom is -0.493 e. The van der Waals surface area contributed by atoms with Gasteiger partial charge >= 0.3 is 0 Å². The van der Waals surface area contributed by atoms with E-state index >= 15 is 0 Å². The second-order valence-corrected chi connectivity index (χ2v) is 5.74. The van der Waals surface area contributed by atoms with Gasteiger partial charge in [0, 0.05) is 16.2 Å². The highest BCUT2D eigenvalue weighted by molar-refractivity contribution is 9.10. The normalized spacial score (nSPS) is 17.3. The Morgan fingerprint density at radius 3 is 3.00 bits per heavy atom. The first kappa shape index (κ1) is 14.1. The number of benzene rings is 1. The Hall–Kier alpha value is -1.88. The lowest BCUT2D eigenvalue weighted by Crippen LogP contribution is -2.29. The van der Waals surface area contributed by atoms with E-state index in [2.05, 4.69) is 26.2 Å². The second kappa shape index (κ2) is 6.26. The summed E-state index contributed by atoms with van der Waals surface area (Å²) >= 11 is 3.36. The number of amides is 1. The average molecular weight is 347 g/mol. The molecule has 1 aromatic carbocycles. The van der Waals surface area contributed by atoms with Crippen LogP contribution in [-0.2, 0) is 0 Å². The summed E-state index contributed by atoms with van der Waals surface area (Å²) in [5, 5.41) is 3.06. The highest BCUT2D eigenvalue weighted by Gasteiger charge is 2.22. The van der Waals surface area contributed by atoms with Crippen molar-refractivity contribution in [3.8, 4) is 5.75 Å². The van der Waals surface area contributed by atoms with Crippen molar-refractivity contribution in [2.24, 2.45) is 0 Å². The molecule has 0 saturated heterocycles. The van der Waals surface area contributed by atoms with Crippen LogP contribution in [-0.4, -0.2) is 17.5 Å². The van der Waals surface area contributed by atoms with E-state index in [1.165, 1.54) is 0 Å². The summed E-state index contributed by atoms with van der Waals surface area (Å²) in [6.07, 6.45) is 3.38. The number of pyridine rings is 1. The minimum atomic E-state index is -0.177. The molecule has 2 heterocycles. The van der Waals surface area contributed by atoms with Crippen molar-refractivity contribution in [3.05, 3.63) is 58.3 Å². The van der Waals surface area contributed by atoms with Gasteiger partial charge in [0.15, 0.2) is 0 Å².